The number of anilines is 1. The lowest BCUT2D eigenvalue weighted by atomic mass is 10.5. The Morgan fingerprint density at radius 2 is 2.15 bits per heavy atom. The van der Waals surface area contributed by atoms with E-state index in [0.717, 1.165) is 33.8 Å². The van der Waals surface area contributed by atoms with Crippen molar-refractivity contribution in [3.05, 3.63) is 24.5 Å². The summed E-state index contributed by atoms with van der Waals surface area (Å²) in [5.41, 5.74) is 1.47. The number of hydrogen-bond acceptors (Lipinski definition) is 7. The van der Waals surface area contributed by atoms with E-state index in [1.807, 2.05) is 19.9 Å². The first kappa shape index (κ1) is 12.8. The number of nitrogens with one attached hydrogen (secondary N) is 2. The molecule has 0 atom stereocenters. The summed E-state index contributed by atoms with van der Waals surface area (Å²) in [6, 6.07) is 1.91. The molecular weight excluding hydrogens is 274 g/mol. The van der Waals surface area contributed by atoms with Crippen molar-refractivity contribution in [2.24, 2.45) is 0 Å². The first-order valence-corrected chi connectivity index (χ1v) is 6.99. The van der Waals surface area contributed by atoms with E-state index in [-0.39, 0.29) is 0 Å². The summed E-state index contributed by atoms with van der Waals surface area (Å²) in [7, 11) is 0. The summed E-state index contributed by atoms with van der Waals surface area (Å²) in [4.78, 5) is 24.3. The van der Waals surface area contributed by atoms with Crippen molar-refractivity contribution in [3.63, 3.8) is 0 Å². The summed E-state index contributed by atoms with van der Waals surface area (Å²) < 4.78 is 0. The molecule has 2 N–H and O–H groups in total. The topological polar surface area (TPSA) is 92.3 Å². The SMILES string of the molecule is CCNc1cc(Sc2ncnc3nc[nH]c23)nc(C)n1. The zero-order valence-electron chi connectivity index (χ0n) is 11.1. The fourth-order valence-corrected chi connectivity index (χ4v) is 2.68. The van der Waals surface area contributed by atoms with Crippen molar-refractivity contribution >= 4 is 28.7 Å². The second-order valence-corrected chi connectivity index (χ2v) is 5.06. The minimum Gasteiger partial charge on any atom is -0.370 e. The van der Waals surface area contributed by atoms with E-state index in [9.17, 15) is 0 Å². The highest BCUT2D eigenvalue weighted by molar-refractivity contribution is 7.99. The summed E-state index contributed by atoms with van der Waals surface area (Å²) in [5, 5.41) is 4.82. The maximum Gasteiger partial charge on any atom is 0.181 e. The van der Waals surface area contributed by atoms with Crippen molar-refractivity contribution in [2.45, 2.75) is 23.9 Å². The van der Waals surface area contributed by atoms with Gasteiger partial charge in [0.25, 0.3) is 0 Å². The number of imidazole rings is 1. The number of hydrogen-bond donors (Lipinski definition) is 2. The zero-order chi connectivity index (χ0) is 13.9. The quantitative estimate of drug-likeness (QED) is 0.709. The fourth-order valence-electron chi connectivity index (χ4n) is 1.78. The van der Waals surface area contributed by atoms with Gasteiger partial charge < -0.3 is 10.3 Å². The molecule has 0 saturated carbocycles. The molecule has 0 aliphatic heterocycles. The Balaban J connectivity index is 1.96. The first-order chi connectivity index (χ1) is 9.76. The zero-order valence-corrected chi connectivity index (χ0v) is 11.9. The second kappa shape index (κ2) is 5.41. The molecule has 3 rings (SSSR count). The highest BCUT2D eigenvalue weighted by atomic mass is 32.2. The maximum absolute atomic E-state index is 4.42. The van der Waals surface area contributed by atoms with Gasteiger partial charge in [0.2, 0.25) is 0 Å². The fraction of sp³-hybridized carbons (Fsp3) is 0.250. The number of fused-ring (bicyclic) bond motifs is 1. The van der Waals surface area contributed by atoms with Crippen molar-refractivity contribution in [1.29, 1.82) is 0 Å². The predicted octanol–water partition coefficient (Wildman–Crippen LogP) is 2.03. The molecule has 8 heteroatoms. The molecule has 0 saturated heterocycles. The normalized spacial score (nSPS) is 10.9. The Morgan fingerprint density at radius 1 is 1.25 bits per heavy atom. The lowest BCUT2D eigenvalue weighted by Gasteiger charge is -2.06. The molecule has 0 aliphatic carbocycles. The maximum atomic E-state index is 4.42. The lowest BCUT2D eigenvalue weighted by Crippen LogP contribution is -2.02. The highest BCUT2D eigenvalue weighted by Gasteiger charge is 2.10. The van der Waals surface area contributed by atoms with Crippen LogP contribution in [-0.4, -0.2) is 36.4 Å². The molecule has 0 unspecified atom stereocenters. The second-order valence-electron chi connectivity index (χ2n) is 4.05. The van der Waals surface area contributed by atoms with E-state index in [1.165, 1.54) is 18.1 Å². The number of nitrogens with zero attached hydrogens (tertiary/aromatic N) is 5. The number of aromatic amines is 1. The Hall–Kier alpha value is -2.22. The van der Waals surface area contributed by atoms with Crippen LogP contribution < -0.4 is 5.32 Å². The summed E-state index contributed by atoms with van der Waals surface area (Å²) in [6.07, 6.45) is 3.11. The minimum absolute atomic E-state index is 0.653. The summed E-state index contributed by atoms with van der Waals surface area (Å²) in [5.74, 6) is 1.54. The van der Waals surface area contributed by atoms with Gasteiger partial charge in [-0.05, 0) is 25.6 Å². The molecule has 102 valence electrons. The van der Waals surface area contributed by atoms with E-state index in [1.54, 1.807) is 6.33 Å². The Labute approximate surface area is 119 Å². The number of aryl methyl sites for hydroxylation is 1. The van der Waals surface area contributed by atoms with Crippen LogP contribution >= 0.6 is 11.8 Å². The molecule has 0 aromatic carbocycles. The highest BCUT2D eigenvalue weighted by Crippen LogP contribution is 2.29. The van der Waals surface area contributed by atoms with Gasteiger partial charge in [-0.2, -0.15) is 0 Å². The Bertz CT molecular complexity index is 740. The van der Waals surface area contributed by atoms with Crippen LogP contribution in [0.25, 0.3) is 11.2 Å². The third kappa shape index (κ3) is 2.55. The molecular formula is C12H13N7S. The molecule has 0 aliphatic rings. The number of H-pyrrole nitrogens is 1. The van der Waals surface area contributed by atoms with Crippen LogP contribution in [0.2, 0.25) is 0 Å². The van der Waals surface area contributed by atoms with Gasteiger partial charge in [-0.15, -0.1) is 0 Å². The monoisotopic (exact) mass is 287 g/mol. The third-order valence-electron chi connectivity index (χ3n) is 2.56. The molecule has 0 amide bonds. The van der Waals surface area contributed by atoms with Gasteiger partial charge in [-0.25, -0.2) is 24.9 Å². The van der Waals surface area contributed by atoms with E-state index in [0.29, 0.717) is 5.65 Å². The minimum atomic E-state index is 0.653. The van der Waals surface area contributed by atoms with E-state index >= 15 is 0 Å². The van der Waals surface area contributed by atoms with Crippen LogP contribution in [0.3, 0.4) is 0 Å². The van der Waals surface area contributed by atoms with Crippen LogP contribution in [0.1, 0.15) is 12.7 Å². The van der Waals surface area contributed by atoms with Crippen LogP contribution in [0.4, 0.5) is 5.82 Å². The molecule has 7 nitrogen and oxygen atoms in total. The molecule has 3 aromatic heterocycles. The lowest BCUT2D eigenvalue weighted by molar-refractivity contribution is 0.957. The molecule has 3 aromatic rings. The third-order valence-corrected chi connectivity index (χ3v) is 3.48. The molecule has 0 spiro atoms. The average Bonchev–Trinajstić information content (AvgIpc) is 2.88. The molecule has 3 heterocycles. The van der Waals surface area contributed by atoms with Crippen molar-refractivity contribution in [3.8, 4) is 0 Å². The van der Waals surface area contributed by atoms with E-state index in [4.69, 9.17) is 0 Å². The van der Waals surface area contributed by atoms with E-state index in [2.05, 4.69) is 35.2 Å². The average molecular weight is 287 g/mol. The molecule has 0 radical (unpaired) electrons. The van der Waals surface area contributed by atoms with Gasteiger partial charge in [0, 0.05) is 12.6 Å². The summed E-state index contributed by atoms with van der Waals surface area (Å²) in [6.45, 7) is 4.72. The largest absolute Gasteiger partial charge is 0.370 e. The van der Waals surface area contributed by atoms with Gasteiger partial charge in [-0.3, -0.25) is 0 Å². The smallest absolute Gasteiger partial charge is 0.181 e. The van der Waals surface area contributed by atoms with Gasteiger partial charge in [0.1, 0.15) is 33.5 Å². The van der Waals surface area contributed by atoms with Gasteiger partial charge in [0.05, 0.1) is 6.33 Å². The summed E-state index contributed by atoms with van der Waals surface area (Å²) >= 11 is 1.46. The molecule has 20 heavy (non-hydrogen) atoms. The van der Waals surface area contributed by atoms with Crippen LogP contribution in [0, 0.1) is 6.92 Å². The van der Waals surface area contributed by atoms with Gasteiger partial charge >= 0.3 is 0 Å². The predicted molar refractivity (Wildman–Crippen MR) is 76.7 cm³/mol. The standard InChI is InChI=1S/C12H13N7S/c1-3-13-8-4-9(19-7(2)18-8)20-12-10-11(15-5-14-10)16-6-17-12/h4-6H,3H2,1-2H3,(H,13,18,19)(H,14,15,16,17). The van der Waals surface area contributed by atoms with Crippen molar-refractivity contribution < 1.29 is 0 Å². The first-order valence-electron chi connectivity index (χ1n) is 6.17. The number of rotatable bonds is 4. The van der Waals surface area contributed by atoms with Crippen LogP contribution in [0.15, 0.2) is 28.8 Å². The van der Waals surface area contributed by atoms with Gasteiger partial charge in [0.15, 0.2) is 5.65 Å². The van der Waals surface area contributed by atoms with Crippen LogP contribution in [0.5, 0.6) is 0 Å². The number of aromatic nitrogens is 6. The Kier molecular flexibility index (Phi) is 3.46. The van der Waals surface area contributed by atoms with E-state index < -0.39 is 0 Å². The van der Waals surface area contributed by atoms with Crippen LogP contribution in [-0.2, 0) is 0 Å². The van der Waals surface area contributed by atoms with Crippen molar-refractivity contribution in [1.82, 2.24) is 29.9 Å². The molecule has 0 fully saturated rings. The van der Waals surface area contributed by atoms with Gasteiger partial charge in [-0.1, -0.05) is 0 Å². The Morgan fingerprint density at radius 3 is 3.00 bits per heavy atom. The molecule has 0 bridgehead atoms. The van der Waals surface area contributed by atoms with Crippen molar-refractivity contribution in [2.75, 3.05) is 11.9 Å².